The molecule has 0 bridgehead atoms. The lowest BCUT2D eigenvalue weighted by atomic mass is 10.3. The van der Waals surface area contributed by atoms with E-state index in [-0.39, 0.29) is 0 Å². The Morgan fingerprint density at radius 3 is 2.93 bits per heavy atom. The second-order valence-corrected chi connectivity index (χ2v) is 3.27. The van der Waals surface area contributed by atoms with Gasteiger partial charge in [0, 0.05) is 13.1 Å². The van der Waals surface area contributed by atoms with Crippen LogP contribution in [0.15, 0.2) is 30.1 Å². The first-order chi connectivity index (χ1) is 7.22. The maximum atomic E-state index is 12.9. The lowest BCUT2D eigenvalue weighted by Crippen LogP contribution is -1.92. The topological polar surface area (TPSA) is 38.0 Å². The number of hydrogen-bond donors (Lipinski definition) is 1. The molecule has 78 valence electrons. The number of aryl methyl sites for hydroxylation is 1. The van der Waals surface area contributed by atoms with Gasteiger partial charge in [-0.15, -0.1) is 0 Å². The third-order valence-electron chi connectivity index (χ3n) is 2.26. The van der Waals surface area contributed by atoms with Crippen molar-refractivity contribution in [2.45, 2.75) is 0 Å². The summed E-state index contributed by atoms with van der Waals surface area (Å²) in [6.45, 7) is -0.594. The standard InChI is InChI=1S/C11H11FN2O/c1-14-10-5-3-2-4-9(10)13-11(14)6-8(12)7-15/h2-6,15H,7H2,1H3/b8-6+. The second kappa shape index (κ2) is 3.82. The van der Waals surface area contributed by atoms with E-state index in [0.29, 0.717) is 5.82 Å². The zero-order valence-corrected chi connectivity index (χ0v) is 8.31. The predicted octanol–water partition coefficient (Wildman–Crippen LogP) is 1.88. The number of hydrogen-bond acceptors (Lipinski definition) is 2. The Hall–Kier alpha value is -1.68. The number of nitrogens with zero attached hydrogens (tertiary/aromatic N) is 2. The molecule has 0 spiro atoms. The van der Waals surface area contributed by atoms with E-state index in [2.05, 4.69) is 4.98 Å². The van der Waals surface area contributed by atoms with Crippen LogP contribution in [-0.2, 0) is 7.05 Å². The summed E-state index contributed by atoms with van der Waals surface area (Å²) in [5.74, 6) is -0.0869. The summed E-state index contributed by atoms with van der Waals surface area (Å²) >= 11 is 0. The van der Waals surface area contributed by atoms with Crippen LogP contribution in [0.4, 0.5) is 4.39 Å². The Morgan fingerprint density at radius 2 is 2.27 bits per heavy atom. The number of rotatable bonds is 2. The van der Waals surface area contributed by atoms with Crippen molar-refractivity contribution in [3.05, 3.63) is 35.9 Å². The summed E-state index contributed by atoms with van der Waals surface area (Å²) in [6, 6.07) is 7.56. The minimum Gasteiger partial charge on any atom is -0.389 e. The molecule has 0 fully saturated rings. The van der Waals surface area contributed by atoms with Gasteiger partial charge < -0.3 is 9.67 Å². The van der Waals surface area contributed by atoms with E-state index in [1.54, 1.807) is 4.57 Å². The fourth-order valence-electron chi connectivity index (χ4n) is 1.48. The summed E-state index contributed by atoms with van der Waals surface area (Å²) in [6.07, 6.45) is 1.24. The fourth-order valence-corrected chi connectivity index (χ4v) is 1.48. The van der Waals surface area contributed by atoms with E-state index in [4.69, 9.17) is 5.11 Å². The molecule has 1 aromatic heterocycles. The Bertz CT molecular complexity index is 516. The Kier molecular flexibility index (Phi) is 2.51. The molecule has 0 saturated carbocycles. The maximum absolute atomic E-state index is 12.9. The summed E-state index contributed by atoms with van der Waals surface area (Å²) in [4.78, 5) is 4.24. The summed E-state index contributed by atoms with van der Waals surface area (Å²) in [5.41, 5.74) is 1.76. The molecule has 0 aliphatic rings. The van der Waals surface area contributed by atoms with Gasteiger partial charge in [-0.25, -0.2) is 9.37 Å². The minimum absolute atomic E-state index is 0.503. The Balaban J connectivity index is 2.58. The summed E-state index contributed by atoms with van der Waals surface area (Å²) in [7, 11) is 1.81. The molecule has 1 aromatic carbocycles. The third-order valence-corrected chi connectivity index (χ3v) is 2.26. The van der Waals surface area contributed by atoms with Gasteiger partial charge in [-0.1, -0.05) is 12.1 Å². The van der Waals surface area contributed by atoms with Crippen molar-refractivity contribution < 1.29 is 9.50 Å². The zero-order chi connectivity index (χ0) is 10.8. The van der Waals surface area contributed by atoms with Gasteiger partial charge >= 0.3 is 0 Å². The molecule has 0 saturated heterocycles. The first-order valence-electron chi connectivity index (χ1n) is 4.61. The van der Waals surface area contributed by atoms with Crippen LogP contribution in [0.25, 0.3) is 17.1 Å². The molecule has 1 heterocycles. The van der Waals surface area contributed by atoms with Crippen LogP contribution in [-0.4, -0.2) is 21.3 Å². The summed E-state index contributed by atoms with van der Waals surface area (Å²) < 4.78 is 14.7. The SMILES string of the molecule is Cn1c(/C=C(/F)CO)nc2ccccc21. The van der Waals surface area contributed by atoms with Crippen LogP contribution >= 0.6 is 0 Å². The first kappa shape index (κ1) is 9.86. The molecule has 0 radical (unpaired) electrons. The number of imidazole rings is 1. The number of aliphatic hydroxyl groups is 1. The molecule has 0 amide bonds. The van der Waals surface area contributed by atoms with Gasteiger partial charge in [0.25, 0.3) is 0 Å². The molecule has 0 unspecified atom stereocenters. The highest BCUT2D eigenvalue weighted by Gasteiger charge is 2.05. The van der Waals surface area contributed by atoms with Gasteiger partial charge in [0.05, 0.1) is 17.6 Å². The molecule has 0 aliphatic heterocycles. The van der Waals surface area contributed by atoms with E-state index >= 15 is 0 Å². The molecule has 1 N–H and O–H groups in total. The largest absolute Gasteiger partial charge is 0.389 e. The van der Waals surface area contributed by atoms with E-state index in [0.717, 1.165) is 11.0 Å². The van der Waals surface area contributed by atoms with Crippen molar-refractivity contribution in [2.24, 2.45) is 7.05 Å². The Labute approximate surface area is 86.5 Å². The first-order valence-corrected chi connectivity index (χ1v) is 4.61. The van der Waals surface area contributed by atoms with Crippen LogP contribution in [0.3, 0.4) is 0 Å². The van der Waals surface area contributed by atoms with Crippen molar-refractivity contribution in [3.8, 4) is 0 Å². The lowest BCUT2D eigenvalue weighted by Gasteiger charge is -1.96. The van der Waals surface area contributed by atoms with E-state index in [1.807, 2.05) is 31.3 Å². The van der Waals surface area contributed by atoms with Gasteiger partial charge in [0.1, 0.15) is 11.7 Å². The third kappa shape index (κ3) is 1.76. The van der Waals surface area contributed by atoms with Gasteiger partial charge in [0.2, 0.25) is 0 Å². The van der Waals surface area contributed by atoms with Crippen LogP contribution in [0.2, 0.25) is 0 Å². The van der Waals surface area contributed by atoms with Gasteiger partial charge in [-0.05, 0) is 12.1 Å². The maximum Gasteiger partial charge on any atom is 0.136 e. The predicted molar refractivity (Wildman–Crippen MR) is 56.9 cm³/mol. The zero-order valence-electron chi connectivity index (χ0n) is 8.31. The monoisotopic (exact) mass is 206 g/mol. The lowest BCUT2D eigenvalue weighted by molar-refractivity contribution is 0.300. The van der Waals surface area contributed by atoms with Crippen LogP contribution in [0, 0.1) is 0 Å². The number of fused-ring (bicyclic) bond motifs is 1. The van der Waals surface area contributed by atoms with Crippen molar-refractivity contribution in [2.75, 3.05) is 6.61 Å². The van der Waals surface area contributed by atoms with Gasteiger partial charge in [-0.3, -0.25) is 0 Å². The molecule has 4 heteroatoms. The fraction of sp³-hybridized carbons (Fsp3) is 0.182. The van der Waals surface area contributed by atoms with E-state index in [1.165, 1.54) is 6.08 Å². The van der Waals surface area contributed by atoms with E-state index in [9.17, 15) is 4.39 Å². The van der Waals surface area contributed by atoms with Gasteiger partial charge in [-0.2, -0.15) is 0 Å². The second-order valence-electron chi connectivity index (χ2n) is 3.27. The quantitative estimate of drug-likeness (QED) is 0.814. The molecular weight excluding hydrogens is 195 g/mol. The molecule has 2 rings (SSSR count). The number of halogens is 1. The van der Waals surface area contributed by atoms with Crippen LogP contribution < -0.4 is 0 Å². The average molecular weight is 206 g/mol. The summed E-state index contributed by atoms with van der Waals surface area (Å²) in [5, 5.41) is 8.58. The highest BCUT2D eigenvalue weighted by molar-refractivity contribution is 5.77. The number of para-hydroxylation sites is 2. The highest BCUT2D eigenvalue weighted by atomic mass is 19.1. The molecule has 2 aromatic rings. The highest BCUT2D eigenvalue weighted by Crippen LogP contribution is 2.16. The normalized spacial score (nSPS) is 12.3. The van der Waals surface area contributed by atoms with Crippen molar-refractivity contribution in [1.82, 2.24) is 9.55 Å². The molecule has 3 nitrogen and oxygen atoms in total. The minimum atomic E-state index is -0.594. The smallest absolute Gasteiger partial charge is 0.136 e. The Morgan fingerprint density at radius 1 is 1.53 bits per heavy atom. The van der Waals surface area contributed by atoms with E-state index < -0.39 is 12.4 Å². The molecule has 15 heavy (non-hydrogen) atoms. The van der Waals surface area contributed by atoms with Crippen molar-refractivity contribution in [1.29, 1.82) is 0 Å². The average Bonchev–Trinajstić information content (AvgIpc) is 2.57. The van der Waals surface area contributed by atoms with Crippen molar-refractivity contribution in [3.63, 3.8) is 0 Å². The molecular formula is C11H11FN2O. The van der Waals surface area contributed by atoms with Crippen molar-refractivity contribution >= 4 is 17.1 Å². The van der Waals surface area contributed by atoms with Crippen LogP contribution in [0.1, 0.15) is 5.82 Å². The molecule has 0 aliphatic carbocycles. The molecule has 0 atom stereocenters. The number of aromatic nitrogens is 2. The van der Waals surface area contributed by atoms with Gasteiger partial charge in [0.15, 0.2) is 0 Å². The van der Waals surface area contributed by atoms with Crippen LogP contribution in [0.5, 0.6) is 0 Å². The number of benzene rings is 1. The number of aliphatic hydroxyl groups excluding tert-OH is 1.